The maximum atomic E-state index is 6.73. The number of nitrogens with zero attached hydrogens (tertiary/aromatic N) is 2. The molecule has 0 fully saturated rings. The van der Waals surface area contributed by atoms with Crippen LogP contribution in [0.1, 0.15) is 22.9 Å². The topological polar surface area (TPSA) is 63.0 Å². The average molecular weight is 718 g/mol. The second kappa shape index (κ2) is 12.0. The standard InChI is InChI=1S/C51H31N3O2/c1-2-14-31(15-3-1)49-52-50(41-27-32-16-5-6-17-34(32)37-19-8-9-20-38(37)41)54-51(53-49)42-28-33(29-45-47(42)39-21-10-11-24-43(39)55-45)36-22-12-23-40-46-35-18-7-4-13-30(35)25-26-44(46)56-48(36)40/h1-29,51H,(H,52,53,54). The maximum absolute atomic E-state index is 6.73. The van der Waals surface area contributed by atoms with E-state index in [0.717, 1.165) is 94.1 Å². The molecule has 1 aliphatic heterocycles. The van der Waals surface area contributed by atoms with Crippen molar-refractivity contribution in [3.63, 3.8) is 0 Å². The van der Waals surface area contributed by atoms with Gasteiger partial charge in [0.1, 0.15) is 34.0 Å². The quantitative estimate of drug-likeness (QED) is 0.184. The highest BCUT2D eigenvalue weighted by Gasteiger charge is 2.27. The van der Waals surface area contributed by atoms with Crippen molar-refractivity contribution >= 4 is 87.9 Å². The van der Waals surface area contributed by atoms with Crippen molar-refractivity contribution in [1.29, 1.82) is 0 Å². The Balaban J connectivity index is 1.14. The summed E-state index contributed by atoms with van der Waals surface area (Å²) in [7, 11) is 0. The fraction of sp³-hybridized carbons (Fsp3) is 0.0196. The van der Waals surface area contributed by atoms with Crippen molar-refractivity contribution < 1.29 is 8.83 Å². The molecule has 2 aromatic heterocycles. The second-order valence-corrected chi connectivity index (χ2v) is 14.5. The molecule has 0 bridgehead atoms. The summed E-state index contributed by atoms with van der Waals surface area (Å²) in [4.78, 5) is 10.9. The Morgan fingerprint density at radius 2 is 1.09 bits per heavy atom. The minimum absolute atomic E-state index is 0.589. The molecule has 0 aliphatic carbocycles. The van der Waals surface area contributed by atoms with Gasteiger partial charge in [-0.15, -0.1) is 0 Å². The SMILES string of the molecule is c1ccc(C2=NC(c3cc(-c4cccc5c4oc4ccc6ccccc6c45)cc4oc5ccccc5c34)N=C(c3cc4ccccc4c4ccccc34)N2)cc1. The molecule has 9 aromatic carbocycles. The van der Waals surface area contributed by atoms with Crippen molar-refractivity contribution in [1.82, 2.24) is 5.32 Å². The molecule has 1 unspecified atom stereocenters. The Bertz CT molecular complexity index is 3460. The first kappa shape index (κ1) is 30.9. The third-order valence-electron chi connectivity index (χ3n) is 11.3. The number of para-hydroxylation sites is 2. The van der Waals surface area contributed by atoms with Crippen LogP contribution in [-0.4, -0.2) is 11.7 Å². The Morgan fingerprint density at radius 3 is 1.96 bits per heavy atom. The lowest BCUT2D eigenvalue weighted by Crippen LogP contribution is -2.36. The monoisotopic (exact) mass is 717 g/mol. The predicted molar refractivity (Wildman–Crippen MR) is 231 cm³/mol. The van der Waals surface area contributed by atoms with Gasteiger partial charge < -0.3 is 14.2 Å². The van der Waals surface area contributed by atoms with Crippen LogP contribution in [0.5, 0.6) is 0 Å². The van der Waals surface area contributed by atoms with Crippen LogP contribution >= 0.6 is 0 Å². The van der Waals surface area contributed by atoms with Crippen molar-refractivity contribution in [2.45, 2.75) is 6.17 Å². The van der Waals surface area contributed by atoms with Gasteiger partial charge in [0.2, 0.25) is 0 Å². The van der Waals surface area contributed by atoms with Gasteiger partial charge in [-0.05, 0) is 68.2 Å². The van der Waals surface area contributed by atoms with Crippen molar-refractivity contribution in [2.24, 2.45) is 9.98 Å². The largest absolute Gasteiger partial charge is 0.456 e. The summed E-state index contributed by atoms with van der Waals surface area (Å²) < 4.78 is 13.4. The smallest absolute Gasteiger partial charge is 0.170 e. The molecule has 1 N–H and O–H groups in total. The molecule has 12 rings (SSSR count). The van der Waals surface area contributed by atoms with Gasteiger partial charge in [0, 0.05) is 43.8 Å². The van der Waals surface area contributed by atoms with Crippen LogP contribution in [0.25, 0.3) is 87.3 Å². The third-order valence-corrected chi connectivity index (χ3v) is 11.3. The molecule has 5 nitrogen and oxygen atoms in total. The number of aliphatic imine (C=N–C) groups is 2. The van der Waals surface area contributed by atoms with Crippen molar-refractivity contribution in [3.05, 3.63) is 193 Å². The molecule has 11 aromatic rings. The normalized spacial score (nSPS) is 14.6. The third kappa shape index (κ3) is 4.67. The summed E-state index contributed by atoms with van der Waals surface area (Å²) in [6.07, 6.45) is -0.589. The number of furan rings is 2. The predicted octanol–water partition coefficient (Wildman–Crippen LogP) is 13.1. The van der Waals surface area contributed by atoms with Crippen LogP contribution in [0.4, 0.5) is 0 Å². The van der Waals surface area contributed by atoms with Gasteiger partial charge in [0.05, 0.1) is 0 Å². The number of hydrogen-bond acceptors (Lipinski definition) is 5. The minimum atomic E-state index is -0.589. The molecular formula is C51H31N3O2. The Labute approximate surface area is 320 Å². The molecule has 3 heterocycles. The fourth-order valence-corrected chi connectivity index (χ4v) is 8.76. The maximum Gasteiger partial charge on any atom is 0.170 e. The van der Waals surface area contributed by atoms with Crippen LogP contribution in [0.3, 0.4) is 0 Å². The summed E-state index contributed by atoms with van der Waals surface area (Å²) in [5.41, 5.74) is 8.23. The molecular weight excluding hydrogens is 687 g/mol. The Hall–Kier alpha value is -7.50. The van der Waals surface area contributed by atoms with E-state index >= 15 is 0 Å². The lowest BCUT2D eigenvalue weighted by Gasteiger charge is -2.24. The lowest BCUT2D eigenvalue weighted by molar-refractivity contribution is 0.667. The number of amidine groups is 2. The Morgan fingerprint density at radius 1 is 0.393 bits per heavy atom. The Kier molecular flexibility index (Phi) is 6.63. The summed E-state index contributed by atoms with van der Waals surface area (Å²) >= 11 is 0. The van der Waals surface area contributed by atoms with Gasteiger partial charge >= 0.3 is 0 Å². The van der Waals surface area contributed by atoms with E-state index in [-0.39, 0.29) is 0 Å². The van der Waals surface area contributed by atoms with Gasteiger partial charge in [-0.1, -0.05) is 146 Å². The summed E-state index contributed by atoms with van der Waals surface area (Å²) in [5, 5.41) is 15.0. The van der Waals surface area contributed by atoms with Gasteiger partial charge in [-0.2, -0.15) is 0 Å². The van der Waals surface area contributed by atoms with Crippen molar-refractivity contribution in [3.8, 4) is 11.1 Å². The van der Waals surface area contributed by atoms with Crippen LogP contribution in [0.2, 0.25) is 0 Å². The highest BCUT2D eigenvalue weighted by molar-refractivity contribution is 6.24. The van der Waals surface area contributed by atoms with E-state index in [1.807, 2.05) is 30.3 Å². The summed E-state index contributed by atoms with van der Waals surface area (Å²) in [6, 6.07) is 61.4. The number of nitrogens with one attached hydrogen (secondary N) is 1. The summed E-state index contributed by atoms with van der Waals surface area (Å²) in [6.45, 7) is 0. The highest BCUT2D eigenvalue weighted by Crippen LogP contribution is 2.44. The van der Waals surface area contributed by atoms with Crippen LogP contribution < -0.4 is 5.32 Å². The second-order valence-electron chi connectivity index (χ2n) is 14.5. The molecule has 0 radical (unpaired) electrons. The molecule has 56 heavy (non-hydrogen) atoms. The molecule has 5 heteroatoms. The van der Waals surface area contributed by atoms with Gasteiger partial charge in [0.25, 0.3) is 0 Å². The number of fused-ring (bicyclic) bond motifs is 11. The minimum Gasteiger partial charge on any atom is -0.456 e. The van der Waals surface area contributed by atoms with E-state index in [1.165, 1.54) is 21.5 Å². The zero-order valence-electron chi connectivity index (χ0n) is 30.0. The zero-order valence-corrected chi connectivity index (χ0v) is 30.0. The molecule has 0 saturated carbocycles. The molecule has 0 amide bonds. The first-order chi connectivity index (χ1) is 27.7. The first-order valence-electron chi connectivity index (χ1n) is 18.9. The van der Waals surface area contributed by atoms with Gasteiger partial charge in [-0.3, -0.25) is 0 Å². The highest BCUT2D eigenvalue weighted by atomic mass is 16.3. The summed E-state index contributed by atoms with van der Waals surface area (Å²) in [5.74, 6) is 1.53. The van der Waals surface area contributed by atoms with E-state index in [4.69, 9.17) is 18.8 Å². The molecule has 262 valence electrons. The van der Waals surface area contributed by atoms with E-state index in [0.29, 0.717) is 0 Å². The molecule has 0 spiro atoms. The average Bonchev–Trinajstić information content (AvgIpc) is 3.85. The fourth-order valence-electron chi connectivity index (χ4n) is 8.76. The molecule has 1 atom stereocenters. The lowest BCUT2D eigenvalue weighted by atomic mass is 9.94. The molecule has 1 aliphatic rings. The number of rotatable bonds is 4. The molecule has 0 saturated heterocycles. The van der Waals surface area contributed by atoms with Crippen LogP contribution in [0, 0.1) is 0 Å². The first-order valence-corrected chi connectivity index (χ1v) is 18.9. The van der Waals surface area contributed by atoms with Gasteiger partial charge in [-0.25, -0.2) is 9.98 Å². The van der Waals surface area contributed by atoms with E-state index < -0.39 is 6.17 Å². The van der Waals surface area contributed by atoms with Gasteiger partial charge in [0.15, 0.2) is 6.17 Å². The van der Waals surface area contributed by atoms with E-state index in [1.54, 1.807) is 0 Å². The van der Waals surface area contributed by atoms with E-state index in [2.05, 4.69) is 151 Å². The van der Waals surface area contributed by atoms with Crippen molar-refractivity contribution in [2.75, 3.05) is 0 Å². The van der Waals surface area contributed by atoms with E-state index in [9.17, 15) is 0 Å². The van der Waals surface area contributed by atoms with Crippen LogP contribution in [-0.2, 0) is 0 Å². The number of hydrogen-bond donors (Lipinski definition) is 1. The van der Waals surface area contributed by atoms with Crippen LogP contribution in [0.15, 0.2) is 195 Å². The number of benzene rings is 9. The zero-order chi connectivity index (χ0) is 36.7.